The summed E-state index contributed by atoms with van der Waals surface area (Å²) < 4.78 is 0. The molecule has 26 heavy (non-hydrogen) atoms. The highest BCUT2D eigenvalue weighted by molar-refractivity contribution is 6.31. The number of hydrogen-bond acceptors (Lipinski definition) is 3. The van der Waals surface area contributed by atoms with Crippen molar-refractivity contribution in [3.05, 3.63) is 63.9 Å². The molecule has 4 nitrogen and oxygen atoms in total. The van der Waals surface area contributed by atoms with Gasteiger partial charge >= 0.3 is 5.97 Å². The van der Waals surface area contributed by atoms with Gasteiger partial charge in [0.2, 0.25) is 0 Å². The Morgan fingerprint density at radius 2 is 2.12 bits per heavy atom. The summed E-state index contributed by atoms with van der Waals surface area (Å²) >= 11 is 6.15. The predicted molar refractivity (Wildman–Crippen MR) is 104 cm³/mol. The highest BCUT2D eigenvalue weighted by atomic mass is 35.5. The molecule has 1 saturated heterocycles. The van der Waals surface area contributed by atoms with Gasteiger partial charge in [0.1, 0.15) is 0 Å². The second-order valence-electron chi connectivity index (χ2n) is 7.20. The van der Waals surface area contributed by atoms with Crippen LogP contribution in [0.2, 0.25) is 5.02 Å². The molecule has 0 spiro atoms. The summed E-state index contributed by atoms with van der Waals surface area (Å²) in [7, 11) is 0. The normalized spacial score (nSPS) is 16.3. The summed E-state index contributed by atoms with van der Waals surface area (Å²) in [4.78, 5) is 17.6. The summed E-state index contributed by atoms with van der Waals surface area (Å²) in [6, 6.07) is 10.4. The fourth-order valence-corrected chi connectivity index (χ4v) is 3.64. The van der Waals surface area contributed by atoms with Crippen LogP contribution in [0.4, 0.5) is 0 Å². The zero-order valence-electron chi connectivity index (χ0n) is 15.3. The largest absolute Gasteiger partial charge is 0.481 e. The van der Waals surface area contributed by atoms with Crippen molar-refractivity contribution in [1.29, 1.82) is 0 Å². The number of carboxylic acid groups (broad SMARTS) is 1. The Morgan fingerprint density at radius 1 is 1.35 bits per heavy atom. The molecule has 1 aromatic heterocycles. The van der Waals surface area contributed by atoms with Gasteiger partial charge in [-0.05, 0) is 60.6 Å². The van der Waals surface area contributed by atoms with Crippen molar-refractivity contribution in [3.63, 3.8) is 0 Å². The molecule has 5 heteroatoms. The molecule has 1 aliphatic rings. The second-order valence-corrected chi connectivity index (χ2v) is 7.61. The van der Waals surface area contributed by atoms with Crippen LogP contribution in [0.5, 0.6) is 0 Å². The lowest BCUT2D eigenvalue weighted by Crippen LogP contribution is -2.49. The molecule has 0 radical (unpaired) electrons. The van der Waals surface area contributed by atoms with Crippen LogP contribution in [0.1, 0.15) is 41.6 Å². The van der Waals surface area contributed by atoms with Crippen LogP contribution >= 0.6 is 11.6 Å². The van der Waals surface area contributed by atoms with Crippen LogP contribution in [0.3, 0.4) is 0 Å². The molecule has 2 heterocycles. The molecule has 0 bridgehead atoms. The molecule has 0 saturated carbocycles. The van der Waals surface area contributed by atoms with E-state index in [-0.39, 0.29) is 5.92 Å². The fraction of sp³-hybridized carbons (Fsp3) is 0.429. The molecule has 2 aromatic rings. The molecule has 0 aliphatic carbocycles. The van der Waals surface area contributed by atoms with E-state index in [9.17, 15) is 4.79 Å². The maximum Gasteiger partial charge on any atom is 0.309 e. The number of hydrogen-bond donors (Lipinski definition) is 1. The summed E-state index contributed by atoms with van der Waals surface area (Å²) in [6.07, 6.45) is 3.79. The average molecular weight is 373 g/mol. The average Bonchev–Trinajstić information content (AvgIpc) is 2.58. The molecule has 3 rings (SSSR count). The standard InChI is InChI=1S/C21H25ClN2O2/c1-3-16(17-4-5-20(22)14(2)8-17)10-19-9-15(6-7-23-19)11-24-12-18(13-24)21(25)26/h4-9,16,18H,3,10-13H2,1-2H3,(H,25,26)/t16-/m0/s1. The lowest BCUT2D eigenvalue weighted by molar-refractivity contribution is -0.147. The third-order valence-corrected chi connectivity index (χ3v) is 5.62. The van der Waals surface area contributed by atoms with Crippen LogP contribution in [-0.4, -0.2) is 34.0 Å². The lowest BCUT2D eigenvalue weighted by Gasteiger charge is -2.36. The number of aromatic nitrogens is 1. The van der Waals surface area contributed by atoms with Gasteiger partial charge in [-0.3, -0.25) is 14.7 Å². The number of carbonyl (C=O) groups is 1. The van der Waals surface area contributed by atoms with Gasteiger partial charge in [0.05, 0.1) is 5.92 Å². The number of likely N-dealkylation sites (tertiary alicyclic amines) is 1. The van der Waals surface area contributed by atoms with Crippen molar-refractivity contribution < 1.29 is 9.90 Å². The number of aliphatic carboxylic acids is 1. The maximum atomic E-state index is 10.9. The summed E-state index contributed by atoms with van der Waals surface area (Å²) in [6.45, 7) is 6.29. The number of carboxylic acids is 1. The first-order chi connectivity index (χ1) is 12.5. The van der Waals surface area contributed by atoms with Gasteiger partial charge in [0, 0.05) is 36.5 Å². The Hall–Kier alpha value is -1.91. The van der Waals surface area contributed by atoms with Crippen LogP contribution in [0.15, 0.2) is 36.5 Å². The smallest absolute Gasteiger partial charge is 0.309 e. The van der Waals surface area contributed by atoms with E-state index in [0.717, 1.165) is 35.7 Å². The van der Waals surface area contributed by atoms with Crippen molar-refractivity contribution >= 4 is 17.6 Å². The highest BCUT2D eigenvalue weighted by Gasteiger charge is 2.32. The van der Waals surface area contributed by atoms with Crippen LogP contribution in [-0.2, 0) is 17.8 Å². The highest BCUT2D eigenvalue weighted by Crippen LogP contribution is 2.27. The lowest BCUT2D eigenvalue weighted by atomic mass is 9.90. The van der Waals surface area contributed by atoms with Crippen molar-refractivity contribution in [3.8, 4) is 0 Å². The van der Waals surface area contributed by atoms with Gasteiger partial charge < -0.3 is 5.11 Å². The van der Waals surface area contributed by atoms with Gasteiger partial charge in [0.15, 0.2) is 0 Å². The van der Waals surface area contributed by atoms with Gasteiger partial charge in [-0.2, -0.15) is 0 Å². The molecular weight excluding hydrogens is 348 g/mol. The second kappa shape index (κ2) is 8.19. The first kappa shape index (κ1) is 18.9. The molecule has 1 atom stereocenters. The van der Waals surface area contributed by atoms with Crippen molar-refractivity contribution in [2.24, 2.45) is 5.92 Å². The Morgan fingerprint density at radius 3 is 2.77 bits per heavy atom. The van der Waals surface area contributed by atoms with Crippen LogP contribution < -0.4 is 0 Å². The van der Waals surface area contributed by atoms with E-state index in [2.05, 4.69) is 35.0 Å². The Kier molecular flexibility index (Phi) is 5.94. The van der Waals surface area contributed by atoms with Crippen molar-refractivity contribution in [2.45, 2.75) is 39.2 Å². The number of pyridine rings is 1. The third-order valence-electron chi connectivity index (χ3n) is 5.20. The number of nitrogens with zero attached hydrogens (tertiary/aromatic N) is 2. The SMILES string of the molecule is CC[C@@H](Cc1cc(CN2CC(C(=O)O)C2)ccn1)c1ccc(Cl)c(C)c1. The zero-order chi connectivity index (χ0) is 18.7. The van der Waals surface area contributed by atoms with Gasteiger partial charge in [0.25, 0.3) is 0 Å². The molecule has 0 unspecified atom stereocenters. The molecule has 1 aromatic carbocycles. The van der Waals surface area contributed by atoms with Crippen molar-refractivity contribution in [2.75, 3.05) is 13.1 Å². The molecular formula is C21H25ClN2O2. The first-order valence-electron chi connectivity index (χ1n) is 9.11. The molecule has 1 aliphatic heterocycles. The predicted octanol–water partition coefficient (Wildman–Crippen LogP) is 4.30. The molecule has 1 N–H and O–H groups in total. The van der Waals surface area contributed by atoms with E-state index in [1.165, 1.54) is 11.1 Å². The van der Waals surface area contributed by atoms with E-state index < -0.39 is 5.97 Å². The van der Waals surface area contributed by atoms with Crippen LogP contribution in [0.25, 0.3) is 0 Å². The molecule has 0 amide bonds. The van der Waals surface area contributed by atoms with E-state index in [4.69, 9.17) is 16.7 Å². The van der Waals surface area contributed by atoms with E-state index in [0.29, 0.717) is 19.0 Å². The van der Waals surface area contributed by atoms with Gasteiger partial charge in [-0.15, -0.1) is 0 Å². The fourth-order valence-electron chi connectivity index (χ4n) is 3.52. The minimum Gasteiger partial charge on any atom is -0.481 e. The van der Waals surface area contributed by atoms with E-state index in [1.807, 2.05) is 25.3 Å². The van der Waals surface area contributed by atoms with Gasteiger partial charge in [-0.1, -0.05) is 30.7 Å². The molecule has 138 valence electrons. The topological polar surface area (TPSA) is 53.4 Å². The quantitative estimate of drug-likeness (QED) is 0.787. The minimum atomic E-state index is -0.694. The number of halogens is 1. The summed E-state index contributed by atoms with van der Waals surface area (Å²) in [5.74, 6) is -0.497. The Bertz CT molecular complexity index is 787. The Balaban J connectivity index is 1.65. The van der Waals surface area contributed by atoms with Gasteiger partial charge in [-0.25, -0.2) is 0 Å². The maximum absolute atomic E-state index is 10.9. The first-order valence-corrected chi connectivity index (χ1v) is 9.49. The monoisotopic (exact) mass is 372 g/mol. The molecule has 1 fully saturated rings. The number of benzene rings is 1. The summed E-state index contributed by atoms with van der Waals surface area (Å²) in [5, 5.41) is 9.79. The van der Waals surface area contributed by atoms with E-state index >= 15 is 0 Å². The van der Waals surface area contributed by atoms with E-state index in [1.54, 1.807) is 0 Å². The number of aryl methyl sites for hydroxylation is 1. The Labute approximate surface area is 159 Å². The third kappa shape index (κ3) is 4.43. The van der Waals surface area contributed by atoms with Crippen LogP contribution in [0, 0.1) is 12.8 Å². The summed E-state index contributed by atoms with van der Waals surface area (Å²) in [5.41, 5.74) is 4.68. The zero-order valence-corrected chi connectivity index (χ0v) is 16.0. The van der Waals surface area contributed by atoms with Crippen molar-refractivity contribution in [1.82, 2.24) is 9.88 Å². The minimum absolute atomic E-state index is 0.214. The number of rotatable bonds is 7.